The normalized spacial score (nSPS) is 11.1. The molecule has 2 aromatic carbocycles. The summed E-state index contributed by atoms with van der Waals surface area (Å²) in [6, 6.07) is 16.1. The number of aromatic nitrogens is 3. The molecule has 2 heterocycles. The molecule has 154 valence electrons. The monoisotopic (exact) mass is 420 g/mol. The van der Waals surface area contributed by atoms with E-state index < -0.39 is 0 Å². The minimum atomic E-state index is 0.721. The third kappa shape index (κ3) is 4.12. The summed E-state index contributed by atoms with van der Waals surface area (Å²) >= 11 is 6.17. The fourth-order valence-electron chi connectivity index (χ4n) is 3.73. The molecular formula is C24H25ClN4O. The molecule has 6 heteroatoms. The summed E-state index contributed by atoms with van der Waals surface area (Å²) in [4.78, 5) is 9.12. The van der Waals surface area contributed by atoms with Crippen LogP contribution in [0, 0.1) is 13.8 Å². The first-order valence-corrected chi connectivity index (χ1v) is 10.4. The van der Waals surface area contributed by atoms with Crippen LogP contribution >= 0.6 is 11.6 Å². The third-order valence-electron chi connectivity index (χ3n) is 5.50. The fraction of sp³-hybridized carbons (Fsp3) is 0.250. The highest BCUT2D eigenvalue weighted by Gasteiger charge is 2.16. The first kappa shape index (κ1) is 20.2. The number of hydrogen-bond acceptors (Lipinski definition) is 4. The summed E-state index contributed by atoms with van der Waals surface area (Å²) in [6.45, 7) is 5.77. The Balaban J connectivity index is 1.57. The lowest BCUT2D eigenvalue weighted by Crippen LogP contribution is -2.07. The topological polar surface area (TPSA) is 52.0 Å². The Labute approximate surface area is 181 Å². The highest BCUT2D eigenvalue weighted by molar-refractivity contribution is 6.30. The van der Waals surface area contributed by atoms with Gasteiger partial charge in [0, 0.05) is 23.8 Å². The molecule has 4 aromatic rings. The van der Waals surface area contributed by atoms with Gasteiger partial charge >= 0.3 is 0 Å². The Morgan fingerprint density at radius 2 is 1.83 bits per heavy atom. The van der Waals surface area contributed by atoms with Crippen LogP contribution in [0.2, 0.25) is 5.02 Å². The first-order chi connectivity index (χ1) is 14.6. The SMILES string of the molecule is COc1ccc(CCNc2ncnc3c2c(C)c(C)n3Cc2cccc(Cl)c2)cc1. The van der Waals surface area contributed by atoms with E-state index in [4.69, 9.17) is 16.3 Å². The zero-order chi connectivity index (χ0) is 21.1. The second-order valence-electron chi connectivity index (χ2n) is 7.37. The summed E-state index contributed by atoms with van der Waals surface area (Å²) < 4.78 is 7.45. The first-order valence-electron chi connectivity index (χ1n) is 9.98. The molecule has 0 aliphatic carbocycles. The summed E-state index contributed by atoms with van der Waals surface area (Å²) in [6.07, 6.45) is 2.53. The maximum absolute atomic E-state index is 6.17. The van der Waals surface area contributed by atoms with Crippen LogP contribution in [-0.4, -0.2) is 28.2 Å². The van der Waals surface area contributed by atoms with Gasteiger partial charge in [-0.1, -0.05) is 35.9 Å². The highest BCUT2D eigenvalue weighted by atomic mass is 35.5. The molecule has 0 bridgehead atoms. The van der Waals surface area contributed by atoms with E-state index in [0.717, 1.165) is 52.7 Å². The summed E-state index contributed by atoms with van der Waals surface area (Å²) in [5.74, 6) is 1.75. The van der Waals surface area contributed by atoms with Crippen molar-refractivity contribution in [1.29, 1.82) is 0 Å². The van der Waals surface area contributed by atoms with E-state index in [-0.39, 0.29) is 0 Å². The van der Waals surface area contributed by atoms with Crippen molar-refractivity contribution < 1.29 is 4.74 Å². The van der Waals surface area contributed by atoms with Crippen molar-refractivity contribution in [3.05, 3.63) is 82.3 Å². The standard InChI is InChI=1S/C24H25ClN4O/c1-16-17(2)29(14-19-5-4-6-20(25)13-19)24-22(16)23(27-15-28-24)26-12-11-18-7-9-21(30-3)10-8-18/h4-10,13,15H,11-12,14H2,1-3H3,(H,26,27,28). The van der Waals surface area contributed by atoms with Crippen LogP contribution in [0.1, 0.15) is 22.4 Å². The van der Waals surface area contributed by atoms with E-state index in [2.05, 4.69) is 51.9 Å². The minimum absolute atomic E-state index is 0.721. The largest absolute Gasteiger partial charge is 0.497 e. The van der Waals surface area contributed by atoms with E-state index in [0.29, 0.717) is 0 Å². The van der Waals surface area contributed by atoms with Crippen LogP contribution in [0.5, 0.6) is 5.75 Å². The molecular weight excluding hydrogens is 396 g/mol. The van der Waals surface area contributed by atoms with Crippen molar-refractivity contribution in [3.63, 3.8) is 0 Å². The highest BCUT2D eigenvalue weighted by Crippen LogP contribution is 2.29. The van der Waals surface area contributed by atoms with Crippen LogP contribution in [0.3, 0.4) is 0 Å². The average Bonchev–Trinajstić information content (AvgIpc) is 3.00. The van der Waals surface area contributed by atoms with Crippen molar-refractivity contribution in [3.8, 4) is 5.75 Å². The number of methoxy groups -OCH3 is 1. The maximum atomic E-state index is 6.17. The Morgan fingerprint density at radius 1 is 1.03 bits per heavy atom. The van der Waals surface area contributed by atoms with Crippen LogP contribution in [0.15, 0.2) is 54.9 Å². The lowest BCUT2D eigenvalue weighted by Gasteiger charge is -2.10. The second kappa shape index (κ2) is 8.76. The number of aryl methyl sites for hydroxylation is 1. The van der Waals surface area contributed by atoms with Crippen LogP contribution < -0.4 is 10.1 Å². The Morgan fingerprint density at radius 3 is 2.57 bits per heavy atom. The number of nitrogens with one attached hydrogen (secondary N) is 1. The molecule has 0 atom stereocenters. The van der Waals surface area contributed by atoms with E-state index in [9.17, 15) is 0 Å². The second-order valence-corrected chi connectivity index (χ2v) is 7.81. The molecule has 0 fully saturated rings. The number of nitrogens with zero attached hydrogens (tertiary/aromatic N) is 3. The van der Waals surface area contributed by atoms with E-state index >= 15 is 0 Å². The van der Waals surface area contributed by atoms with Gasteiger partial charge in [-0.2, -0.15) is 0 Å². The van der Waals surface area contributed by atoms with Gasteiger partial charge in [0.1, 0.15) is 23.5 Å². The molecule has 5 nitrogen and oxygen atoms in total. The number of anilines is 1. The zero-order valence-electron chi connectivity index (χ0n) is 17.4. The Hall–Kier alpha value is -3.05. The van der Waals surface area contributed by atoms with Gasteiger partial charge in [-0.15, -0.1) is 0 Å². The smallest absolute Gasteiger partial charge is 0.146 e. The lowest BCUT2D eigenvalue weighted by molar-refractivity contribution is 0.414. The lowest BCUT2D eigenvalue weighted by atomic mass is 10.1. The predicted molar refractivity (Wildman–Crippen MR) is 123 cm³/mol. The number of ether oxygens (including phenoxy) is 1. The molecule has 0 aliphatic heterocycles. The molecule has 0 unspecified atom stereocenters. The van der Waals surface area contributed by atoms with Crippen LogP contribution in [0.4, 0.5) is 5.82 Å². The summed E-state index contributed by atoms with van der Waals surface area (Å²) in [5.41, 5.74) is 5.71. The van der Waals surface area contributed by atoms with E-state index in [1.165, 1.54) is 16.8 Å². The van der Waals surface area contributed by atoms with E-state index in [1.807, 2.05) is 30.3 Å². The van der Waals surface area contributed by atoms with Gasteiger partial charge in [-0.3, -0.25) is 0 Å². The molecule has 4 rings (SSSR count). The van der Waals surface area contributed by atoms with Crippen molar-refractivity contribution in [2.24, 2.45) is 0 Å². The summed E-state index contributed by atoms with van der Waals surface area (Å²) in [7, 11) is 1.68. The van der Waals surface area contributed by atoms with Gasteiger partial charge in [-0.05, 0) is 61.2 Å². The fourth-order valence-corrected chi connectivity index (χ4v) is 3.94. The molecule has 2 aromatic heterocycles. The summed E-state index contributed by atoms with van der Waals surface area (Å²) in [5, 5.41) is 5.32. The predicted octanol–water partition coefficient (Wildman–Crippen LogP) is 5.41. The number of benzene rings is 2. The van der Waals surface area contributed by atoms with Crippen molar-refractivity contribution in [2.75, 3.05) is 19.0 Å². The van der Waals surface area contributed by atoms with Gasteiger partial charge < -0.3 is 14.6 Å². The molecule has 0 saturated heterocycles. The van der Waals surface area contributed by atoms with Gasteiger partial charge in [-0.25, -0.2) is 9.97 Å². The van der Waals surface area contributed by atoms with Crippen LogP contribution in [0.25, 0.3) is 11.0 Å². The van der Waals surface area contributed by atoms with Gasteiger partial charge in [0.05, 0.1) is 12.5 Å². The van der Waals surface area contributed by atoms with Crippen molar-refractivity contribution >= 4 is 28.5 Å². The third-order valence-corrected chi connectivity index (χ3v) is 5.74. The van der Waals surface area contributed by atoms with Gasteiger partial charge in [0.2, 0.25) is 0 Å². The average molecular weight is 421 g/mol. The molecule has 30 heavy (non-hydrogen) atoms. The molecule has 0 spiro atoms. The number of rotatable bonds is 7. The quantitative estimate of drug-likeness (QED) is 0.434. The van der Waals surface area contributed by atoms with E-state index in [1.54, 1.807) is 13.4 Å². The Bertz CT molecular complexity index is 1170. The number of fused-ring (bicyclic) bond motifs is 1. The van der Waals surface area contributed by atoms with Crippen molar-refractivity contribution in [1.82, 2.24) is 14.5 Å². The molecule has 0 amide bonds. The molecule has 1 N–H and O–H groups in total. The zero-order valence-corrected chi connectivity index (χ0v) is 18.2. The Kier molecular flexibility index (Phi) is 5.91. The molecule has 0 saturated carbocycles. The van der Waals surface area contributed by atoms with Crippen molar-refractivity contribution in [2.45, 2.75) is 26.8 Å². The molecule has 0 radical (unpaired) electrons. The van der Waals surface area contributed by atoms with Gasteiger partial charge in [0.25, 0.3) is 0 Å². The molecule has 0 aliphatic rings. The minimum Gasteiger partial charge on any atom is -0.497 e. The number of halogens is 1. The number of hydrogen-bond donors (Lipinski definition) is 1. The maximum Gasteiger partial charge on any atom is 0.146 e. The van der Waals surface area contributed by atoms with Gasteiger partial charge in [0.15, 0.2) is 0 Å². The van der Waals surface area contributed by atoms with Crippen LogP contribution in [-0.2, 0) is 13.0 Å².